The summed E-state index contributed by atoms with van der Waals surface area (Å²) in [7, 11) is 0. The van der Waals surface area contributed by atoms with E-state index in [9.17, 15) is 4.39 Å². The van der Waals surface area contributed by atoms with Crippen LogP contribution in [0.3, 0.4) is 0 Å². The molecule has 0 saturated carbocycles. The Morgan fingerprint density at radius 2 is 2.18 bits per heavy atom. The Labute approximate surface area is 102 Å². The van der Waals surface area contributed by atoms with Gasteiger partial charge >= 0.3 is 0 Å². The summed E-state index contributed by atoms with van der Waals surface area (Å²) in [6.45, 7) is -0.160. The van der Waals surface area contributed by atoms with Gasteiger partial charge < -0.3 is 9.84 Å². The van der Waals surface area contributed by atoms with Crippen molar-refractivity contribution in [3.63, 3.8) is 0 Å². The SMILES string of the molecule is OCc1ccncc1Oc1ccc(F)c(Cl)c1. The van der Waals surface area contributed by atoms with E-state index < -0.39 is 5.82 Å². The second kappa shape index (κ2) is 5.12. The lowest BCUT2D eigenvalue weighted by atomic mass is 10.2. The molecule has 0 bridgehead atoms. The minimum atomic E-state index is -0.507. The summed E-state index contributed by atoms with van der Waals surface area (Å²) in [5, 5.41) is 9.08. The lowest BCUT2D eigenvalue weighted by Gasteiger charge is -2.09. The van der Waals surface area contributed by atoms with Crippen molar-refractivity contribution in [1.29, 1.82) is 0 Å². The largest absolute Gasteiger partial charge is 0.455 e. The first-order valence-corrected chi connectivity index (χ1v) is 5.25. The molecule has 0 aliphatic carbocycles. The first kappa shape index (κ1) is 11.8. The highest BCUT2D eigenvalue weighted by Crippen LogP contribution is 2.27. The van der Waals surface area contributed by atoms with Crippen LogP contribution in [0.5, 0.6) is 11.5 Å². The number of aliphatic hydroxyl groups excluding tert-OH is 1. The molecule has 1 heterocycles. The van der Waals surface area contributed by atoms with Crippen molar-refractivity contribution in [2.45, 2.75) is 6.61 Å². The van der Waals surface area contributed by atoms with Gasteiger partial charge in [-0.15, -0.1) is 0 Å². The number of rotatable bonds is 3. The highest BCUT2D eigenvalue weighted by atomic mass is 35.5. The Morgan fingerprint density at radius 3 is 2.88 bits per heavy atom. The summed E-state index contributed by atoms with van der Waals surface area (Å²) < 4.78 is 18.4. The molecule has 1 aromatic heterocycles. The minimum Gasteiger partial charge on any atom is -0.455 e. The molecule has 2 aromatic rings. The average molecular weight is 254 g/mol. The Hall–Kier alpha value is -1.65. The van der Waals surface area contributed by atoms with E-state index >= 15 is 0 Å². The Bertz CT molecular complexity index is 534. The van der Waals surface area contributed by atoms with Gasteiger partial charge in [-0.25, -0.2) is 4.39 Å². The summed E-state index contributed by atoms with van der Waals surface area (Å²) in [5.41, 5.74) is 0.598. The van der Waals surface area contributed by atoms with Crippen LogP contribution in [0.2, 0.25) is 5.02 Å². The third-order valence-corrected chi connectivity index (χ3v) is 2.45. The van der Waals surface area contributed by atoms with Gasteiger partial charge in [-0.05, 0) is 18.2 Å². The third-order valence-electron chi connectivity index (χ3n) is 2.16. The number of benzene rings is 1. The van der Waals surface area contributed by atoms with E-state index in [-0.39, 0.29) is 11.6 Å². The maximum atomic E-state index is 12.9. The monoisotopic (exact) mass is 253 g/mol. The second-order valence-corrected chi connectivity index (χ2v) is 3.73. The van der Waals surface area contributed by atoms with Crippen LogP contribution in [0.15, 0.2) is 36.7 Å². The van der Waals surface area contributed by atoms with E-state index in [1.165, 1.54) is 24.4 Å². The van der Waals surface area contributed by atoms with Gasteiger partial charge in [0.05, 0.1) is 17.8 Å². The molecule has 0 unspecified atom stereocenters. The van der Waals surface area contributed by atoms with Gasteiger partial charge in [0, 0.05) is 17.8 Å². The molecule has 0 atom stereocenters. The van der Waals surface area contributed by atoms with E-state index in [4.69, 9.17) is 21.4 Å². The Balaban J connectivity index is 2.28. The molecule has 5 heteroatoms. The molecular weight excluding hydrogens is 245 g/mol. The van der Waals surface area contributed by atoms with Crippen LogP contribution >= 0.6 is 11.6 Å². The molecule has 17 heavy (non-hydrogen) atoms. The van der Waals surface area contributed by atoms with Gasteiger partial charge in [0.2, 0.25) is 0 Å². The van der Waals surface area contributed by atoms with Gasteiger partial charge in [-0.3, -0.25) is 4.98 Å². The van der Waals surface area contributed by atoms with Crippen LogP contribution in [0.1, 0.15) is 5.56 Å². The van der Waals surface area contributed by atoms with Crippen molar-refractivity contribution in [2.24, 2.45) is 0 Å². The van der Waals surface area contributed by atoms with Crippen LogP contribution in [-0.4, -0.2) is 10.1 Å². The molecule has 0 aliphatic heterocycles. The van der Waals surface area contributed by atoms with Crippen LogP contribution in [-0.2, 0) is 6.61 Å². The maximum Gasteiger partial charge on any atom is 0.151 e. The van der Waals surface area contributed by atoms with Crippen molar-refractivity contribution in [2.75, 3.05) is 0 Å². The number of aromatic nitrogens is 1. The van der Waals surface area contributed by atoms with Crippen LogP contribution in [0, 0.1) is 5.82 Å². The smallest absolute Gasteiger partial charge is 0.151 e. The normalized spacial score (nSPS) is 10.3. The maximum absolute atomic E-state index is 12.9. The molecule has 0 amide bonds. The Morgan fingerprint density at radius 1 is 1.35 bits per heavy atom. The van der Waals surface area contributed by atoms with Gasteiger partial charge in [0.15, 0.2) is 5.75 Å². The number of pyridine rings is 1. The van der Waals surface area contributed by atoms with Crippen molar-refractivity contribution in [1.82, 2.24) is 4.98 Å². The van der Waals surface area contributed by atoms with E-state index in [0.717, 1.165) is 0 Å². The highest BCUT2D eigenvalue weighted by molar-refractivity contribution is 6.30. The minimum absolute atomic E-state index is 0.0167. The lowest BCUT2D eigenvalue weighted by Crippen LogP contribution is -1.92. The quantitative estimate of drug-likeness (QED) is 0.914. The molecule has 1 N–H and O–H groups in total. The van der Waals surface area contributed by atoms with Gasteiger partial charge in [-0.2, -0.15) is 0 Å². The molecule has 0 spiro atoms. The molecule has 0 saturated heterocycles. The lowest BCUT2D eigenvalue weighted by molar-refractivity contribution is 0.276. The van der Waals surface area contributed by atoms with Crippen molar-refractivity contribution in [3.05, 3.63) is 53.1 Å². The summed E-state index contributed by atoms with van der Waals surface area (Å²) in [6.07, 6.45) is 3.03. The molecule has 2 rings (SSSR count). The standard InChI is InChI=1S/C12H9ClFNO2/c13-10-5-9(1-2-11(10)14)17-12-6-15-4-3-8(12)7-16/h1-6,16H,7H2. The summed E-state index contributed by atoms with van der Waals surface area (Å²) >= 11 is 5.63. The molecule has 88 valence electrons. The first-order chi connectivity index (χ1) is 8.20. The topological polar surface area (TPSA) is 42.4 Å². The number of ether oxygens (including phenoxy) is 1. The van der Waals surface area contributed by atoms with Gasteiger partial charge in [0.1, 0.15) is 11.6 Å². The van der Waals surface area contributed by atoms with E-state index in [0.29, 0.717) is 17.1 Å². The van der Waals surface area contributed by atoms with Crippen LogP contribution in [0.25, 0.3) is 0 Å². The predicted octanol–water partition coefficient (Wildman–Crippen LogP) is 3.16. The summed E-state index contributed by atoms with van der Waals surface area (Å²) in [5.74, 6) is 0.296. The highest BCUT2D eigenvalue weighted by Gasteiger charge is 2.06. The summed E-state index contributed by atoms with van der Waals surface area (Å²) in [4.78, 5) is 3.89. The number of nitrogens with zero attached hydrogens (tertiary/aromatic N) is 1. The first-order valence-electron chi connectivity index (χ1n) is 4.87. The number of hydrogen-bond acceptors (Lipinski definition) is 3. The predicted molar refractivity (Wildman–Crippen MR) is 61.6 cm³/mol. The van der Waals surface area contributed by atoms with Crippen molar-refractivity contribution in [3.8, 4) is 11.5 Å². The van der Waals surface area contributed by atoms with Gasteiger partial charge in [0.25, 0.3) is 0 Å². The summed E-state index contributed by atoms with van der Waals surface area (Å²) in [6, 6.07) is 5.67. The van der Waals surface area contributed by atoms with E-state index in [1.54, 1.807) is 12.3 Å². The van der Waals surface area contributed by atoms with Gasteiger partial charge in [-0.1, -0.05) is 11.6 Å². The van der Waals surface area contributed by atoms with Crippen LogP contribution in [0.4, 0.5) is 4.39 Å². The van der Waals surface area contributed by atoms with Crippen molar-refractivity contribution < 1.29 is 14.2 Å². The number of aliphatic hydroxyl groups is 1. The fraction of sp³-hybridized carbons (Fsp3) is 0.0833. The zero-order valence-electron chi connectivity index (χ0n) is 8.73. The fourth-order valence-electron chi connectivity index (χ4n) is 1.30. The molecular formula is C12H9ClFNO2. The molecule has 0 fully saturated rings. The van der Waals surface area contributed by atoms with E-state index in [1.807, 2.05) is 0 Å². The fourth-order valence-corrected chi connectivity index (χ4v) is 1.47. The molecule has 3 nitrogen and oxygen atoms in total. The number of hydrogen-bond donors (Lipinski definition) is 1. The molecule has 0 radical (unpaired) electrons. The molecule has 0 aliphatic rings. The second-order valence-electron chi connectivity index (χ2n) is 3.32. The third kappa shape index (κ3) is 2.72. The van der Waals surface area contributed by atoms with Crippen LogP contribution < -0.4 is 4.74 Å². The Kier molecular flexibility index (Phi) is 3.56. The van der Waals surface area contributed by atoms with E-state index in [2.05, 4.69) is 4.98 Å². The number of halogens is 2. The zero-order chi connectivity index (χ0) is 12.3. The molecule has 1 aromatic carbocycles. The average Bonchev–Trinajstić information content (AvgIpc) is 2.34. The van der Waals surface area contributed by atoms with Crippen molar-refractivity contribution >= 4 is 11.6 Å². The zero-order valence-corrected chi connectivity index (χ0v) is 9.49.